The van der Waals surface area contributed by atoms with Gasteiger partial charge in [-0.25, -0.2) is 0 Å². The highest BCUT2D eigenvalue weighted by atomic mass is 16.5. The maximum Gasteiger partial charge on any atom is 0.307 e. The molecule has 0 atom stereocenters. The molecule has 0 N–H and O–H groups in total. The quantitative estimate of drug-likeness (QED) is 0.446. The molecule has 0 bridgehead atoms. The highest BCUT2D eigenvalue weighted by Crippen LogP contribution is 2.02. The van der Waals surface area contributed by atoms with Crippen molar-refractivity contribution in [3.8, 4) is 0 Å². The van der Waals surface area contributed by atoms with Crippen molar-refractivity contribution in [3.05, 3.63) is 11.8 Å². The van der Waals surface area contributed by atoms with Crippen LogP contribution in [-0.4, -0.2) is 5.97 Å². The van der Waals surface area contributed by atoms with Gasteiger partial charge in [0.1, 0.15) is 0 Å². The van der Waals surface area contributed by atoms with Crippen LogP contribution in [0, 0.1) is 0 Å². The van der Waals surface area contributed by atoms with E-state index >= 15 is 0 Å². The zero-order chi connectivity index (χ0) is 7.98. The van der Waals surface area contributed by atoms with Crippen LogP contribution in [0.2, 0.25) is 0 Å². The Kier molecular flexibility index (Phi) is 4.63. The van der Waals surface area contributed by atoms with Crippen molar-refractivity contribution in [3.63, 3.8) is 0 Å². The van der Waals surface area contributed by atoms with Crippen LogP contribution >= 0.6 is 0 Å². The van der Waals surface area contributed by atoms with Crippen LogP contribution in [0.1, 0.15) is 33.6 Å². The van der Waals surface area contributed by atoms with Gasteiger partial charge in [-0.3, -0.25) is 4.79 Å². The zero-order valence-corrected chi connectivity index (χ0v) is 6.81. The molecule has 0 aliphatic carbocycles. The molecule has 0 rings (SSSR count). The van der Waals surface area contributed by atoms with Crippen molar-refractivity contribution in [1.29, 1.82) is 0 Å². The number of hydrogen-bond donors (Lipinski definition) is 0. The van der Waals surface area contributed by atoms with Crippen LogP contribution < -0.4 is 0 Å². The molecule has 0 aliphatic rings. The number of carbonyl (C=O) groups is 1. The van der Waals surface area contributed by atoms with Crippen LogP contribution in [0.15, 0.2) is 11.8 Å². The number of esters is 1. The molecule has 10 heavy (non-hydrogen) atoms. The van der Waals surface area contributed by atoms with E-state index in [4.69, 9.17) is 0 Å². The van der Waals surface area contributed by atoms with Gasteiger partial charge in [-0.2, -0.15) is 0 Å². The Balaban J connectivity index is 3.57. The fourth-order valence-corrected chi connectivity index (χ4v) is 0.637. The maximum absolute atomic E-state index is 10.3. The van der Waals surface area contributed by atoms with Crippen LogP contribution in [0.25, 0.3) is 0 Å². The summed E-state index contributed by atoms with van der Waals surface area (Å²) in [5, 5.41) is 0. The predicted molar refractivity (Wildman–Crippen MR) is 40.4 cm³/mol. The molecule has 0 radical (unpaired) electrons. The van der Waals surface area contributed by atoms with Crippen molar-refractivity contribution in [1.82, 2.24) is 0 Å². The molecule has 0 spiro atoms. The lowest BCUT2D eigenvalue weighted by atomic mass is 10.2. The van der Waals surface area contributed by atoms with Crippen molar-refractivity contribution >= 4 is 5.97 Å². The van der Waals surface area contributed by atoms with Gasteiger partial charge in [-0.05, 0) is 18.9 Å². The zero-order valence-electron chi connectivity index (χ0n) is 6.81. The first-order valence-corrected chi connectivity index (χ1v) is 3.49. The number of carbonyl (C=O) groups excluding carboxylic acids is 1. The van der Waals surface area contributed by atoms with Gasteiger partial charge < -0.3 is 4.74 Å². The molecule has 2 nitrogen and oxygen atoms in total. The van der Waals surface area contributed by atoms with Gasteiger partial charge in [-0.1, -0.05) is 13.3 Å². The first-order valence-electron chi connectivity index (χ1n) is 3.49. The standard InChI is InChI=1S/C8H14O2/c1-4-5-7(2)6-10-8(3)9/h6H,4-5H2,1-3H3. The van der Waals surface area contributed by atoms with E-state index in [1.165, 1.54) is 13.2 Å². The van der Waals surface area contributed by atoms with Gasteiger partial charge in [-0.15, -0.1) is 0 Å². The van der Waals surface area contributed by atoms with Crippen LogP contribution in [-0.2, 0) is 9.53 Å². The summed E-state index contributed by atoms with van der Waals surface area (Å²) in [4.78, 5) is 10.3. The molecule has 0 unspecified atom stereocenters. The summed E-state index contributed by atoms with van der Waals surface area (Å²) in [5.74, 6) is -0.254. The minimum atomic E-state index is -0.254. The predicted octanol–water partition coefficient (Wildman–Crippen LogP) is 2.25. The Labute approximate surface area is 61.9 Å². The molecule has 0 fully saturated rings. The second kappa shape index (κ2) is 5.03. The molecule has 0 aromatic heterocycles. The molecule has 0 heterocycles. The molecular formula is C8H14O2. The van der Waals surface area contributed by atoms with Crippen LogP contribution in [0.3, 0.4) is 0 Å². The van der Waals surface area contributed by atoms with Crippen molar-refractivity contribution < 1.29 is 9.53 Å². The monoisotopic (exact) mass is 142 g/mol. The maximum atomic E-state index is 10.3. The van der Waals surface area contributed by atoms with Gasteiger partial charge in [0.15, 0.2) is 0 Å². The highest BCUT2D eigenvalue weighted by molar-refractivity contribution is 5.66. The Morgan fingerprint density at radius 1 is 1.50 bits per heavy atom. The third-order valence-corrected chi connectivity index (χ3v) is 1.07. The van der Waals surface area contributed by atoms with Crippen molar-refractivity contribution in [2.75, 3.05) is 0 Å². The van der Waals surface area contributed by atoms with E-state index < -0.39 is 0 Å². The Morgan fingerprint density at radius 2 is 2.10 bits per heavy atom. The molecule has 0 amide bonds. The van der Waals surface area contributed by atoms with Gasteiger partial charge in [0.2, 0.25) is 0 Å². The van der Waals surface area contributed by atoms with Crippen molar-refractivity contribution in [2.45, 2.75) is 33.6 Å². The Hall–Kier alpha value is -0.790. The van der Waals surface area contributed by atoms with Gasteiger partial charge in [0.25, 0.3) is 0 Å². The summed E-state index contributed by atoms with van der Waals surface area (Å²) in [6.45, 7) is 5.44. The average molecular weight is 142 g/mol. The largest absolute Gasteiger partial charge is 0.435 e. The molecule has 0 saturated heterocycles. The summed E-state index contributed by atoms with van der Waals surface area (Å²) < 4.78 is 4.66. The topological polar surface area (TPSA) is 26.3 Å². The molecule has 0 aromatic carbocycles. The smallest absolute Gasteiger partial charge is 0.307 e. The fourth-order valence-electron chi connectivity index (χ4n) is 0.637. The fraction of sp³-hybridized carbons (Fsp3) is 0.625. The molecule has 0 aromatic rings. The first kappa shape index (κ1) is 9.21. The third-order valence-electron chi connectivity index (χ3n) is 1.07. The lowest BCUT2D eigenvalue weighted by Gasteiger charge is -1.96. The second-order valence-corrected chi connectivity index (χ2v) is 2.32. The van der Waals surface area contributed by atoms with Gasteiger partial charge in [0.05, 0.1) is 6.26 Å². The summed E-state index contributed by atoms with van der Waals surface area (Å²) >= 11 is 0. The van der Waals surface area contributed by atoms with E-state index in [-0.39, 0.29) is 5.97 Å². The molecule has 2 heteroatoms. The normalized spacial score (nSPS) is 11.3. The summed E-state index contributed by atoms with van der Waals surface area (Å²) in [6.07, 6.45) is 3.60. The SMILES string of the molecule is CCCC(C)=COC(C)=O. The number of hydrogen-bond acceptors (Lipinski definition) is 2. The number of rotatable bonds is 3. The molecule has 0 saturated carbocycles. The lowest BCUT2D eigenvalue weighted by molar-refractivity contribution is -0.135. The highest BCUT2D eigenvalue weighted by Gasteiger charge is 1.89. The lowest BCUT2D eigenvalue weighted by Crippen LogP contribution is -1.91. The minimum Gasteiger partial charge on any atom is -0.435 e. The Morgan fingerprint density at radius 3 is 2.50 bits per heavy atom. The summed E-state index contributed by atoms with van der Waals surface area (Å²) in [6, 6.07) is 0. The summed E-state index contributed by atoms with van der Waals surface area (Å²) in [5.41, 5.74) is 1.11. The second-order valence-electron chi connectivity index (χ2n) is 2.32. The minimum absolute atomic E-state index is 0.254. The first-order chi connectivity index (χ1) is 4.66. The van der Waals surface area contributed by atoms with E-state index in [1.54, 1.807) is 0 Å². The Bertz CT molecular complexity index is 136. The third kappa shape index (κ3) is 5.35. The molecule has 0 aliphatic heterocycles. The van der Waals surface area contributed by atoms with E-state index in [9.17, 15) is 4.79 Å². The molecule has 58 valence electrons. The van der Waals surface area contributed by atoms with Crippen LogP contribution in [0.4, 0.5) is 0 Å². The van der Waals surface area contributed by atoms with Gasteiger partial charge in [0, 0.05) is 6.92 Å². The van der Waals surface area contributed by atoms with E-state index in [0.717, 1.165) is 18.4 Å². The van der Waals surface area contributed by atoms with Gasteiger partial charge >= 0.3 is 5.97 Å². The summed E-state index contributed by atoms with van der Waals surface area (Å²) in [7, 11) is 0. The van der Waals surface area contributed by atoms with E-state index in [2.05, 4.69) is 11.7 Å². The van der Waals surface area contributed by atoms with E-state index in [0.29, 0.717) is 0 Å². The van der Waals surface area contributed by atoms with Crippen LogP contribution in [0.5, 0.6) is 0 Å². The number of ether oxygens (including phenoxy) is 1. The molecular weight excluding hydrogens is 128 g/mol. The van der Waals surface area contributed by atoms with Crippen molar-refractivity contribution in [2.24, 2.45) is 0 Å². The van der Waals surface area contributed by atoms with E-state index in [1.807, 2.05) is 6.92 Å². The average Bonchev–Trinajstić information content (AvgIpc) is 1.85. The number of allylic oxidation sites excluding steroid dienone is 1.